The number of nitrogens with one attached hydrogen (secondary N) is 1. The van der Waals surface area contributed by atoms with Gasteiger partial charge in [-0.3, -0.25) is 4.57 Å². The minimum absolute atomic E-state index is 0.904. The lowest BCUT2D eigenvalue weighted by Crippen LogP contribution is -2.09. The highest BCUT2D eigenvalue weighted by atomic mass is 15.3. The van der Waals surface area contributed by atoms with Crippen LogP contribution in [-0.4, -0.2) is 21.3 Å². The first-order valence-corrected chi connectivity index (χ1v) is 7.01. The fraction of sp³-hybridized carbons (Fsp3) is 0.846. The maximum absolute atomic E-state index is 4.32. The molecule has 1 aromatic rings. The molecule has 1 aromatic heterocycles. The molecule has 0 aromatic carbocycles. The Balaban J connectivity index is 1.94. The van der Waals surface area contributed by atoms with E-state index < -0.39 is 0 Å². The van der Waals surface area contributed by atoms with Crippen LogP contribution in [0, 0.1) is 5.92 Å². The van der Waals surface area contributed by atoms with Crippen molar-refractivity contribution < 1.29 is 0 Å². The first-order valence-electron chi connectivity index (χ1n) is 7.01. The Hall–Kier alpha value is -1.06. The van der Waals surface area contributed by atoms with Gasteiger partial charge in [0.05, 0.1) is 0 Å². The van der Waals surface area contributed by atoms with Gasteiger partial charge in [-0.2, -0.15) is 0 Å². The second-order valence-electron chi connectivity index (χ2n) is 4.90. The normalized spacial score (nSPS) is 16.6. The van der Waals surface area contributed by atoms with Crippen LogP contribution in [0.2, 0.25) is 0 Å². The third kappa shape index (κ3) is 2.99. The van der Waals surface area contributed by atoms with Gasteiger partial charge in [-0.15, -0.1) is 10.2 Å². The highest BCUT2D eigenvalue weighted by molar-refractivity contribution is 5.25. The number of hydrogen-bond acceptors (Lipinski definition) is 3. The van der Waals surface area contributed by atoms with E-state index in [-0.39, 0.29) is 0 Å². The smallest absolute Gasteiger partial charge is 0.224 e. The Kier molecular flexibility index (Phi) is 4.40. The van der Waals surface area contributed by atoms with Crippen LogP contribution >= 0.6 is 0 Å². The Morgan fingerprint density at radius 1 is 1.24 bits per heavy atom. The van der Waals surface area contributed by atoms with Crippen LogP contribution in [0.15, 0.2) is 0 Å². The van der Waals surface area contributed by atoms with Gasteiger partial charge in [-0.05, 0) is 26.2 Å². The maximum Gasteiger partial charge on any atom is 0.224 e. The van der Waals surface area contributed by atoms with Crippen molar-refractivity contribution >= 4 is 5.95 Å². The summed E-state index contributed by atoms with van der Waals surface area (Å²) >= 11 is 0. The van der Waals surface area contributed by atoms with E-state index in [2.05, 4.69) is 33.9 Å². The van der Waals surface area contributed by atoms with E-state index in [4.69, 9.17) is 0 Å². The summed E-state index contributed by atoms with van der Waals surface area (Å²) < 4.78 is 2.21. The van der Waals surface area contributed by atoms with Crippen LogP contribution in [0.1, 0.15) is 51.8 Å². The molecule has 0 unspecified atom stereocenters. The van der Waals surface area contributed by atoms with Crippen molar-refractivity contribution in [1.29, 1.82) is 0 Å². The maximum atomic E-state index is 4.32. The summed E-state index contributed by atoms with van der Waals surface area (Å²) in [5.41, 5.74) is 0. The number of aryl methyl sites for hydroxylation is 1. The summed E-state index contributed by atoms with van der Waals surface area (Å²) in [6.07, 6.45) is 8.05. The number of hydrogen-bond donors (Lipinski definition) is 1. The van der Waals surface area contributed by atoms with E-state index in [0.717, 1.165) is 37.2 Å². The molecule has 1 fully saturated rings. The summed E-state index contributed by atoms with van der Waals surface area (Å²) in [6, 6.07) is 0. The van der Waals surface area contributed by atoms with Crippen molar-refractivity contribution in [2.75, 3.05) is 11.9 Å². The summed E-state index contributed by atoms with van der Waals surface area (Å²) in [5.74, 6) is 3.01. The van der Waals surface area contributed by atoms with Crippen molar-refractivity contribution in [3.8, 4) is 0 Å². The molecular weight excluding hydrogens is 212 g/mol. The molecule has 1 aliphatic carbocycles. The predicted octanol–water partition coefficient (Wildman–Crippen LogP) is 2.85. The van der Waals surface area contributed by atoms with Gasteiger partial charge in [0.1, 0.15) is 5.82 Å². The highest BCUT2D eigenvalue weighted by Gasteiger charge is 2.17. The molecule has 1 saturated carbocycles. The van der Waals surface area contributed by atoms with E-state index in [1.807, 2.05) is 0 Å². The van der Waals surface area contributed by atoms with Crippen LogP contribution < -0.4 is 5.32 Å². The Bertz CT molecular complexity index is 339. The molecule has 0 spiro atoms. The van der Waals surface area contributed by atoms with E-state index in [9.17, 15) is 0 Å². The third-order valence-electron chi connectivity index (χ3n) is 3.73. The zero-order valence-corrected chi connectivity index (χ0v) is 11.1. The monoisotopic (exact) mass is 236 g/mol. The fourth-order valence-corrected chi connectivity index (χ4v) is 2.77. The predicted molar refractivity (Wildman–Crippen MR) is 70.1 cm³/mol. The molecule has 1 aliphatic rings. The van der Waals surface area contributed by atoms with Gasteiger partial charge >= 0.3 is 0 Å². The number of anilines is 1. The van der Waals surface area contributed by atoms with Crippen LogP contribution in [0.3, 0.4) is 0 Å². The lowest BCUT2D eigenvalue weighted by atomic mass is 10.0. The molecule has 0 amide bonds. The number of nitrogens with zero attached hydrogens (tertiary/aromatic N) is 3. The molecule has 17 heavy (non-hydrogen) atoms. The molecule has 4 nitrogen and oxygen atoms in total. The second-order valence-corrected chi connectivity index (χ2v) is 4.90. The molecule has 0 radical (unpaired) electrons. The van der Waals surface area contributed by atoms with E-state index in [1.54, 1.807) is 0 Å². The molecule has 0 aliphatic heterocycles. The lowest BCUT2D eigenvalue weighted by molar-refractivity contribution is 0.489. The Morgan fingerprint density at radius 3 is 2.65 bits per heavy atom. The first-order chi connectivity index (χ1) is 8.35. The minimum Gasteiger partial charge on any atom is -0.355 e. The molecule has 4 heteroatoms. The standard InChI is InChI=1S/C13H24N4/c1-3-14-13-16-15-12(17(13)4-2)10-9-11-7-5-6-8-11/h11H,3-10H2,1-2H3,(H,14,16). The number of aromatic nitrogens is 3. The van der Waals surface area contributed by atoms with Crippen molar-refractivity contribution in [3.05, 3.63) is 5.82 Å². The highest BCUT2D eigenvalue weighted by Crippen LogP contribution is 2.28. The lowest BCUT2D eigenvalue weighted by Gasteiger charge is -2.10. The summed E-state index contributed by atoms with van der Waals surface area (Å²) in [7, 11) is 0. The van der Waals surface area contributed by atoms with Crippen LogP contribution in [-0.2, 0) is 13.0 Å². The fourth-order valence-electron chi connectivity index (χ4n) is 2.77. The van der Waals surface area contributed by atoms with E-state index >= 15 is 0 Å². The largest absolute Gasteiger partial charge is 0.355 e. The van der Waals surface area contributed by atoms with Gasteiger partial charge in [0.25, 0.3) is 0 Å². The van der Waals surface area contributed by atoms with Crippen LogP contribution in [0.5, 0.6) is 0 Å². The SMILES string of the molecule is CCNc1nnc(CCC2CCCC2)n1CC. The quantitative estimate of drug-likeness (QED) is 0.826. The number of rotatable bonds is 6. The molecule has 0 bridgehead atoms. The molecular formula is C13H24N4. The zero-order valence-electron chi connectivity index (χ0n) is 11.1. The van der Waals surface area contributed by atoms with Gasteiger partial charge in [0.2, 0.25) is 5.95 Å². The van der Waals surface area contributed by atoms with Gasteiger partial charge in [0, 0.05) is 19.5 Å². The summed E-state index contributed by atoms with van der Waals surface area (Å²) in [4.78, 5) is 0. The van der Waals surface area contributed by atoms with Crippen LogP contribution in [0.25, 0.3) is 0 Å². The van der Waals surface area contributed by atoms with Crippen LogP contribution in [0.4, 0.5) is 5.95 Å². The van der Waals surface area contributed by atoms with Crippen molar-refractivity contribution in [3.63, 3.8) is 0 Å². The molecule has 2 rings (SSSR count). The molecule has 1 N–H and O–H groups in total. The van der Waals surface area contributed by atoms with Crippen molar-refractivity contribution in [2.24, 2.45) is 5.92 Å². The minimum atomic E-state index is 0.904. The average Bonchev–Trinajstić information content (AvgIpc) is 2.95. The molecule has 1 heterocycles. The Morgan fingerprint density at radius 2 is 2.00 bits per heavy atom. The van der Waals surface area contributed by atoms with E-state index in [1.165, 1.54) is 32.1 Å². The second kappa shape index (κ2) is 6.03. The van der Waals surface area contributed by atoms with Gasteiger partial charge in [-0.25, -0.2) is 0 Å². The Labute approximate surface area is 104 Å². The first kappa shape index (κ1) is 12.4. The molecule has 0 saturated heterocycles. The third-order valence-corrected chi connectivity index (χ3v) is 3.73. The molecule has 96 valence electrons. The summed E-state index contributed by atoms with van der Waals surface area (Å²) in [6.45, 7) is 6.10. The van der Waals surface area contributed by atoms with Gasteiger partial charge in [0.15, 0.2) is 0 Å². The van der Waals surface area contributed by atoms with E-state index in [0.29, 0.717) is 0 Å². The average molecular weight is 236 g/mol. The zero-order chi connectivity index (χ0) is 12.1. The van der Waals surface area contributed by atoms with Gasteiger partial charge < -0.3 is 5.32 Å². The molecule has 0 atom stereocenters. The van der Waals surface area contributed by atoms with Crippen molar-refractivity contribution in [1.82, 2.24) is 14.8 Å². The van der Waals surface area contributed by atoms with Crippen molar-refractivity contribution in [2.45, 2.75) is 58.9 Å². The van der Waals surface area contributed by atoms with Gasteiger partial charge in [-0.1, -0.05) is 25.7 Å². The topological polar surface area (TPSA) is 42.7 Å². The summed E-state index contributed by atoms with van der Waals surface area (Å²) in [5, 5.41) is 11.8.